The number of amides is 1. The highest BCUT2D eigenvalue weighted by molar-refractivity contribution is 5.93. The summed E-state index contributed by atoms with van der Waals surface area (Å²) in [4.78, 5) is 20.9. The lowest BCUT2D eigenvalue weighted by molar-refractivity contribution is -0.0265. The van der Waals surface area contributed by atoms with Crippen molar-refractivity contribution in [3.05, 3.63) is 17.8 Å². The van der Waals surface area contributed by atoms with Gasteiger partial charge in [0.05, 0.1) is 45.0 Å². The molecule has 4 heterocycles. The first-order chi connectivity index (χ1) is 13.0. The number of carbonyl (C=O) groups excluding carboxylic acids is 1. The largest absolute Gasteiger partial charge is 0.476 e. The van der Waals surface area contributed by atoms with E-state index in [9.17, 15) is 13.6 Å². The second-order valence-electron chi connectivity index (χ2n) is 8.12. The molecule has 8 heteroatoms. The van der Waals surface area contributed by atoms with E-state index in [1.54, 1.807) is 17.0 Å². The lowest BCUT2D eigenvalue weighted by Gasteiger charge is -2.40. The molecule has 2 atom stereocenters. The Labute approximate surface area is 156 Å². The summed E-state index contributed by atoms with van der Waals surface area (Å²) in [5.74, 6) is -1.99. The first-order valence-electron chi connectivity index (χ1n) is 9.67. The molecule has 146 valence electrons. The zero-order valence-electron chi connectivity index (χ0n) is 15.1. The summed E-state index contributed by atoms with van der Waals surface area (Å²) in [6, 6.07) is 3.53. The van der Waals surface area contributed by atoms with Crippen LogP contribution < -0.4 is 9.64 Å². The molecule has 27 heavy (non-hydrogen) atoms. The van der Waals surface area contributed by atoms with Crippen molar-refractivity contribution in [1.29, 1.82) is 0 Å². The average Bonchev–Trinajstić information content (AvgIpc) is 3.42. The van der Waals surface area contributed by atoms with Gasteiger partial charge in [-0.2, -0.15) is 0 Å². The molecule has 1 saturated carbocycles. The molecular weight excluding hydrogens is 356 g/mol. The van der Waals surface area contributed by atoms with Gasteiger partial charge in [0.15, 0.2) is 0 Å². The number of hydrogen-bond acceptors (Lipinski definition) is 5. The van der Waals surface area contributed by atoms with Crippen LogP contribution in [0.1, 0.15) is 36.2 Å². The second kappa shape index (κ2) is 6.29. The number of pyridine rings is 1. The number of halogens is 2. The fraction of sp³-hybridized carbons (Fsp3) is 0.684. The standard InChI is InChI=1S/C19H23F2N3O3/c20-19(21)10-23(11-19)16-6-5-15(22-17(16)27-7-12-1-2-12)18(25)24-13-3-4-14(24)9-26-8-13/h5-6,12-14H,1-4,7-11H2/t13-,14?/m0/s1. The maximum Gasteiger partial charge on any atom is 0.282 e. The number of nitrogens with zero attached hydrogens (tertiary/aromatic N) is 3. The van der Waals surface area contributed by atoms with E-state index in [0.717, 1.165) is 25.7 Å². The van der Waals surface area contributed by atoms with E-state index >= 15 is 0 Å². The molecule has 3 aliphatic heterocycles. The topological polar surface area (TPSA) is 54.9 Å². The van der Waals surface area contributed by atoms with E-state index < -0.39 is 5.92 Å². The summed E-state index contributed by atoms with van der Waals surface area (Å²) < 4.78 is 38.0. The number of anilines is 1. The van der Waals surface area contributed by atoms with E-state index in [-0.39, 0.29) is 31.1 Å². The number of carbonyl (C=O) groups is 1. The summed E-state index contributed by atoms with van der Waals surface area (Å²) in [6.45, 7) is 0.970. The van der Waals surface area contributed by atoms with Crippen LogP contribution in [0.4, 0.5) is 14.5 Å². The number of hydrogen-bond donors (Lipinski definition) is 0. The van der Waals surface area contributed by atoms with Crippen molar-refractivity contribution in [2.45, 2.75) is 43.7 Å². The van der Waals surface area contributed by atoms with E-state index in [2.05, 4.69) is 4.98 Å². The van der Waals surface area contributed by atoms with E-state index in [0.29, 0.717) is 43.0 Å². The maximum absolute atomic E-state index is 13.3. The average molecular weight is 379 g/mol. The molecule has 1 aromatic heterocycles. The van der Waals surface area contributed by atoms with Crippen LogP contribution in [0.5, 0.6) is 5.88 Å². The number of fused-ring (bicyclic) bond motifs is 2. The number of rotatable bonds is 5. The molecule has 0 N–H and O–H groups in total. The normalized spacial score (nSPS) is 28.8. The van der Waals surface area contributed by atoms with Crippen LogP contribution >= 0.6 is 0 Å². The SMILES string of the molecule is O=C(c1ccc(N2CC(F)(F)C2)c(OCC2CC2)n1)N1C2CC[C@H]1COC2. The molecular formula is C19H23F2N3O3. The van der Waals surface area contributed by atoms with E-state index in [1.807, 2.05) is 4.90 Å². The highest BCUT2D eigenvalue weighted by Gasteiger charge is 2.46. The van der Waals surface area contributed by atoms with Gasteiger partial charge in [0, 0.05) is 0 Å². The van der Waals surface area contributed by atoms with Crippen molar-refractivity contribution in [1.82, 2.24) is 9.88 Å². The first-order valence-corrected chi connectivity index (χ1v) is 9.67. The van der Waals surface area contributed by atoms with E-state index in [4.69, 9.17) is 9.47 Å². The number of alkyl halides is 2. The van der Waals surface area contributed by atoms with Crippen LogP contribution in [-0.4, -0.2) is 66.7 Å². The smallest absolute Gasteiger partial charge is 0.282 e. The van der Waals surface area contributed by atoms with Crippen LogP contribution in [0.2, 0.25) is 0 Å². The third kappa shape index (κ3) is 3.24. The van der Waals surface area contributed by atoms with Crippen molar-refractivity contribution < 1.29 is 23.0 Å². The third-order valence-corrected chi connectivity index (χ3v) is 5.87. The molecule has 3 saturated heterocycles. The van der Waals surface area contributed by atoms with Gasteiger partial charge in [-0.15, -0.1) is 0 Å². The van der Waals surface area contributed by atoms with Gasteiger partial charge in [-0.1, -0.05) is 0 Å². The van der Waals surface area contributed by atoms with Gasteiger partial charge in [-0.05, 0) is 43.7 Å². The third-order valence-electron chi connectivity index (χ3n) is 5.87. The molecule has 0 aromatic carbocycles. The van der Waals surface area contributed by atoms with Gasteiger partial charge in [0.2, 0.25) is 5.88 Å². The Morgan fingerprint density at radius 3 is 2.52 bits per heavy atom. The monoisotopic (exact) mass is 379 g/mol. The molecule has 0 spiro atoms. The molecule has 5 rings (SSSR count). The quantitative estimate of drug-likeness (QED) is 0.786. The highest BCUT2D eigenvalue weighted by Crippen LogP contribution is 2.38. The Kier molecular flexibility index (Phi) is 4.00. The lowest BCUT2D eigenvalue weighted by atomic mass is 10.1. The summed E-state index contributed by atoms with van der Waals surface area (Å²) in [7, 11) is 0. The van der Waals surface area contributed by atoms with Crippen LogP contribution in [0.3, 0.4) is 0 Å². The summed E-state index contributed by atoms with van der Waals surface area (Å²) in [6.07, 6.45) is 4.13. The van der Waals surface area contributed by atoms with Gasteiger partial charge in [0.1, 0.15) is 11.4 Å². The predicted molar refractivity (Wildman–Crippen MR) is 93.4 cm³/mol. The molecule has 1 amide bonds. The minimum atomic E-state index is -2.67. The summed E-state index contributed by atoms with van der Waals surface area (Å²) >= 11 is 0. The molecule has 2 bridgehead atoms. The van der Waals surface area contributed by atoms with Crippen molar-refractivity contribution in [3.63, 3.8) is 0 Å². The molecule has 0 radical (unpaired) electrons. The Hall–Kier alpha value is -1.96. The van der Waals surface area contributed by atoms with Crippen molar-refractivity contribution in [3.8, 4) is 5.88 Å². The second-order valence-corrected chi connectivity index (χ2v) is 8.12. The fourth-order valence-electron chi connectivity index (χ4n) is 4.16. The maximum atomic E-state index is 13.3. The molecule has 1 aromatic rings. The van der Waals surface area contributed by atoms with Crippen molar-refractivity contribution >= 4 is 11.6 Å². The van der Waals surface area contributed by atoms with Gasteiger partial charge in [0.25, 0.3) is 11.8 Å². The molecule has 4 fully saturated rings. The van der Waals surface area contributed by atoms with Crippen LogP contribution in [0.15, 0.2) is 12.1 Å². The van der Waals surface area contributed by atoms with Gasteiger partial charge >= 0.3 is 0 Å². The molecule has 1 unspecified atom stereocenters. The van der Waals surface area contributed by atoms with E-state index in [1.165, 1.54) is 0 Å². The Bertz CT molecular complexity index is 732. The summed E-state index contributed by atoms with van der Waals surface area (Å²) in [5.41, 5.74) is 0.860. The van der Waals surface area contributed by atoms with Crippen LogP contribution in [-0.2, 0) is 4.74 Å². The molecule has 4 aliphatic rings. The van der Waals surface area contributed by atoms with Crippen molar-refractivity contribution in [2.24, 2.45) is 5.92 Å². The number of ether oxygens (including phenoxy) is 2. The van der Waals surface area contributed by atoms with Gasteiger partial charge < -0.3 is 19.3 Å². The summed E-state index contributed by atoms with van der Waals surface area (Å²) in [5, 5.41) is 0. The minimum Gasteiger partial charge on any atom is -0.476 e. The Morgan fingerprint density at radius 2 is 1.89 bits per heavy atom. The fourth-order valence-corrected chi connectivity index (χ4v) is 4.16. The Morgan fingerprint density at radius 1 is 1.19 bits per heavy atom. The number of aromatic nitrogens is 1. The Balaban J connectivity index is 1.39. The lowest BCUT2D eigenvalue weighted by Crippen LogP contribution is -2.56. The zero-order valence-corrected chi connectivity index (χ0v) is 15.1. The zero-order chi connectivity index (χ0) is 18.6. The number of morpholine rings is 1. The van der Waals surface area contributed by atoms with Crippen molar-refractivity contribution in [2.75, 3.05) is 37.8 Å². The van der Waals surface area contributed by atoms with Crippen LogP contribution in [0, 0.1) is 5.92 Å². The van der Waals surface area contributed by atoms with Gasteiger partial charge in [-0.3, -0.25) is 4.79 Å². The van der Waals surface area contributed by atoms with Crippen LogP contribution in [0.25, 0.3) is 0 Å². The first kappa shape index (κ1) is 17.2. The predicted octanol–water partition coefficient (Wildman–Crippen LogP) is 2.33. The minimum absolute atomic E-state index is 0.0997. The van der Waals surface area contributed by atoms with Gasteiger partial charge in [-0.25, -0.2) is 13.8 Å². The molecule has 6 nitrogen and oxygen atoms in total. The highest BCUT2D eigenvalue weighted by atomic mass is 19.3. The molecule has 1 aliphatic carbocycles.